The molecule has 128 valence electrons. The number of rotatable bonds is 5. The van der Waals surface area contributed by atoms with E-state index in [4.69, 9.17) is 4.74 Å². The van der Waals surface area contributed by atoms with E-state index in [2.05, 4.69) is 9.88 Å². The number of benzene rings is 1. The summed E-state index contributed by atoms with van der Waals surface area (Å²) in [5.41, 5.74) is 1.08. The first-order valence-corrected chi connectivity index (χ1v) is 10.0. The highest BCUT2D eigenvalue weighted by Crippen LogP contribution is 2.25. The molecule has 0 amide bonds. The number of hydrogen-bond acceptors (Lipinski definition) is 5. The van der Waals surface area contributed by atoms with Crippen molar-refractivity contribution in [3.63, 3.8) is 0 Å². The van der Waals surface area contributed by atoms with Crippen LogP contribution in [0.15, 0.2) is 53.6 Å². The van der Waals surface area contributed by atoms with Crippen LogP contribution in [0.25, 0.3) is 0 Å². The molecule has 6 heteroatoms. The van der Waals surface area contributed by atoms with Gasteiger partial charge in [0.2, 0.25) is 5.88 Å². The molecule has 0 aliphatic carbocycles. The third-order valence-corrected chi connectivity index (χ3v) is 5.48. The largest absolute Gasteiger partial charge is 0.477 e. The monoisotopic (exact) mass is 346 g/mol. The van der Waals surface area contributed by atoms with E-state index >= 15 is 0 Å². The molecule has 0 unspecified atom stereocenters. The van der Waals surface area contributed by atoms with Gasteiger partial charge in [0.1, 0.15) is 0 Å². The quantitative estimate of drug-likeness (QED) is 0.833. The molecule has 3 rings (SSSR count). The minimum Gasteiger partial charge on any atom is -0.477 e. The molecule has 0 saturated carbocycles. The van der Waals surface area contributed by atoms with Crippen molar-refractivity contribution in [3.8, 4) is 5.88 Å². The molecule has 0 radical (unpaired) electrons. The van der Waals surface area contributed by atoms with Gasteiger partial charge in [-0.05, 0) is 49.1 Å². The summed E-state index contributed by atoms with van der Waals surface area (Å²) in [6.07, 6.45) is 5.08. The van der Waals surface area contributed by atoms with E-state index in [1.807, 2.05) is 30.3 Å². The summed E-state index contributed by atoms with van der Waals surface area (Å²) >= 11 is 0. The van der Waals surface area contributed by atoms with Crippen LogP contribution in [0.1, 0.15) is 12.8 Å². The summed E-state index contributed by atoms with van der Waals surface area (Å²) in [6.45, 7) is 2.60. The summed E-state index contributed by atoms with van der Waals surface area (Å²) in [4.78, 5) is 6.83. The van der Waals surface area contributed by atoms with Crippen LogP contribution in [0.5, 0.6) is 5.88 Å². The van der Waals surface area contributed by atoms with Gasteiger partial charge in [-0.25, -0.2) is 13.4 Å². The number of sulfone groups is 1. The van der Waals surface area contributed by atoms with Crippen LogP contribution < -0.4 is 9.64 Å². The Morgan fingerprint density at radius 1 is 1.12 bits per heavy atom. The first kappa shape index (κ1) is 16.8. The minimum atomic E-state index is -3.13. The summed E-state index contributed by atoms with van der Waals surface area (Å²) in [5, 5.41) is 0. The minimum absolute atomic E-state index is 0.366. The first-order chi connectivity index (χ1) is 11.5. The summed E-state index contributed by atoms with van der Waals surface area (Å²) < 4.78 is 28.8. The zero-order valence-electron chi connectivity index (χ0n) is 13.8. The van der Waals surface area contributed by atoms with Gasteiger partial charge < -0.3 is 9.64 Å². The molecular formula is C18H22N2O3S. The van der Waals surface area contributed by atoms with Gasteiger partial charge in [0.15, 0.2) is 9.84 Å². The van der Waals surface area contributed by atoms with Crippen molar-refractivity contribution >= 4 is 15.5 Å². The second-order valence-corrected chi connectivity index (χ2v) is 8.19. The highest BCUT2D eigenvalue weighted by Gasteiger charge is 2.20. The normalized spacial score (nSPS) is 16.1. The van der Waals surface area contributed by atoms with Crippen LogP contribution in [-0.2, 0) is 9.84 Å². The average Bonchev–Trinajstić information content (AvgIpc) is 2.61. The number of pyridine rings is 1. The molecule has 1 aromatic carbocycles. The summed E-state index contributed by atoms with van der Waals surface area (Å²) in [6, 6.07) is 12.8. The number of anilines is 1. The highest BCUT2D eigenvalue weighted by atomic mass is 32.2. The Balaban J connectivity index is 1.51. The Bertz CT molecular complexity index is 753. The van der Waals surface area contributed by atoms with E-state index < -0.39 is 9.84 Å². The molecule has 2 heterocycles. The van der Waals surface area contributed by atoms with Gasteiger partial charge >= 0.3 is 0 Å². The van der Waals surface area contributed by atoms with E-state index in [1.54, 1.807) is 18.3 Å². The van der Waals surface area contributed by atoms with E-state index in [0.717, 1.165) is 31.6 Å². The molecule has 1 aliphatic rings. The smallest absolute Gasteiger partial charge is 0.213 e. The number of ether oxygens (including phenoxy) is 1. The van der Waals surface area contributed by atoms with Crippen molar-refractivity contribution in [3.05, 3.63) is 48.7 Å². The summed E-state index contributed by atoms with van der Waals surface area (Å²) in [7, 11) is -3.13. The van der Waals surface area contributed by atoms with Crippen LogP contribution in [0, 0.1) is 5.92 Å². The Morgan fingerprint density at radius 2 is 1.83 bits per heavy atom. The molecule has 1 aliphatic heterocycles. The van der Waals surface area contributed by atoms with E-state index in [0.29, 0.717) is 23.3 Å². The number of piperidine rings is 1. The Labute approximate surface area is 143 Å². The molecule has 0 atom stereocenters. The highest BCUT2D eigenvalue weighted by molar-refractivity contribution is 7.90. The summed E-state index contributed by atoms with van der Waals surface area (Å²) in [5.74, 6) is 1.20. The van der Waals surface area contributed by atoms with Gasteiger partial charge in [0, 0.05) is 37.3 Å². The van der Waals surface area contributed by atoms with Crippen molar-refractivity contribution < 1.29 is 13.2 Å². The van der Waals surface area contributed by atoms with Crippen LogP contribution in [0.2, 0.25) is 0 Å². The van der Waals surface area contributed by atoms with Crippen molar-refractivity contribution in [2.75, 3.05) is 30.9 Å². The van der Waals surface area contributed by atoms with Crippen LogP contribution in [-0.4, -0.2) is 39.4 Å². The predicted molar refractivity (Wildman–Crippen MR) is 94.2 cm³/mol. The van der Waals surface area contributed by atoms with Gasteiger partial charge in [0.25, 0.3) is 0 Å². The lowest BCUT2D eigenvalue weighted by Gasteiger charge is -2.33. The predicted octanol–water partition coefficient (Wildman–Crippen LogP) is 2.78. The van der Waals surface area contributed by atoms with Crippen molar-refractivity contribution in [1.82, 2.24) is 4.98 Å². The van der Waals surface area contributed by atoms with Gasteiger partial charge in [0.05, 0.1) is 11.5 Å². The number of aromatic nitrogens is 1. The molecule has 0 spiro atoms. The lowest BCUT2D eigenvalue weighted by atomic mass is 9.97. The van der Waals surface area contributed by atoms with E-state index in [1.165, 1.54) is 6.26 Å². The van der Waals surface area contributed by atoms with Gasteiger partial charge in [-0.1, -0.05) is 6.07 Å². The second kappa shape index (κ2) is 7.21. The molecule has 1 saturated heterocycles. The number of nitrogens with zero attached hydrogens (tertiary/aromatic N) is 2. The molecule has 1 aromatic heterocycles. The van der Waals surface area contributed by atoms with Gasteiger partial charge in [-0.15, -0.1) is 0 Å². The fraction of sp³-hybridized carbons (Fsp3) is 0.389. The zero-order chi connectivity index (χ0) is 17.0. The van der Waals surface area contributed by atoms with Crippen molar-refractivity contribution in [2.24, 2.45) is 5.92 Å². The maximum absolute atomic E-state index is 11.5. The SMILES string of the molecule is CS(=O)(=O)c1ccc(N2CCC(COc3ccccn3)CC2)cc1. The third-order valence-electron chi connectivity index (χ3n) is 4.35. The van der Waals surface area contributed by atoms with Crippen molar-refractivity contribution in [1.29, 1.82) is 0 Å². The van der Waals surface area contributed by atoms with Crippen LogP contribution in [0.3, 0.4) is 0 Å². The van der Waals surface area contributed by atoms with Crippen LogP contribution in [0.4, 0.5) is 5.69 Å². The van der Waals surface area contributed by atoms with E-state index in [9.17, 15) is 8.42 Å². The van der Waals surface area contributed by atoms with Gasteiger partial charge in [-0.3, -0.25) is 0 Å². The zero-order valence-corrected chi connectivity index (χ0v) is 14.6. The molecule has 0 bridgehead atoms. The lowest BCUT2D eigenvalue weighted by molar-refractivity contribution is 0.216. The van der Waals surface area contributed by atoms with Crippen LogP contribution >= 0.6 is 0 Å². The molecule has 24 heavy (non-hydrogen) atoms. The molecule has 1 fully saturated rings. The third kappa shape index (κ3) is 4.26. The van der Waals surface area contributed by atoms with Crippen molar-refractivity contribution in [2.45, 2.75) is 17.7 Å². The van der Waals surface area contributed by atoms with E-state index in [-0.39, 0.29) is 0 Å². The molecular weight excluding hydrogens is 324 g/mol. The standard InChI is InChI=1S/C18H22N2O3S/c1-24(21,22)17-7-5-16(6-8-17)20-12-9-15(10-13-20)14-23-18-4-2-3-11-19-18/h2-8,11,15H,9-10,12-14H2,1H3. The Kier molecular flexibility index (Phi) is 5.04. The lowest BCUT2D eigenvalue weighted by Crippen LogP contribution is -2.35. The van der Waals surface area contributed by atoms with Gasteiger partial charge in [-0.2, -0.15) is 0 Å². The molecule has 0 N–H and O–H groups in total. The Morgan fingerprint density at radius 3 is 2.42 bits per heavy atom. The fourth-order valence-corrected chi connectivity index (χ4v) is 3.53. The molecule has 2 aromatic rings. The fourth-order valence-electron chi connectivity index (χ4n) is 2.90. The Hall–Kier alpha value is -2.08. The maximum atomic E-state index is 11.5. The number of hydrogen-bond donors (Lipinski definition) is 0. The topological polar surface area (TPSA) is 59.5 Å². The maximum Gasteiger partial charge on any atom is 0.213 e. The molecule has 5 nitrogen and oxygen atoms in total. The first-order valence-electron chi connectivity index (χ1n) is 8.11. The second-order valence-electron chi connectivity index (χ2n) is 6.18. The average molecular weight is 346 g/mol.